The summed E-state index contributed by atoms with van der Waals surface area (Å²) in [6, 6.07) is 7.72. The minimum atomic E-state index is 0.176. The summed E-state index contributed by atoms with van der Waals surface area (Å²) in [5.41, 5.74) is 7.51. The maximum atomic E-state index is 8.65. The number of thioether (sulfide) groups is 1. The van der Waals surface area contributed by atoms with Crippen LogP contribution in [0.2, 0.25) is 0 Å². The molecule has 1 aromatic carbocycles. The molecule has 0 saturated carbocycles. The summed E-state index contributed by atoms with van der Waals surface area (Å²) in [5, 5.41) is 12.3. The smallest absolute Gasteiger partial charge is 0.170 e. The molecule has 0 heterocycles. The SMILES string of the molecule is CC(C)SCc1ccccc1/C(N)=N/O. The second-order valence-corrected chi connectivity index (χ2v) is 5.07. The zero-order valence-electron chi connectivity index (χ0n) is 8.97. The summed E-state index contributed by atoms with van der Waals surface area (Å²) < 4.78 is 0. The number of nitrogens with zero attached hydrogens (tertiary/aromatic N) is 1. The van der Waals surface area contributed by atoms with E-state index in [9.17, 15) is 0 Å². The fraction of sp³-hybridized carbons (Fsp3) is 0.364. The Morgan fingerprint density at radius 3 is 2.73 bits per heavy atom. The number of nitrogens with two attached hydrogens (primary N) is 1. The molecule has 4 heteroatoms. The lowest BCUT2D eigenvalue weighted by atomic mass is 10.1. The van der Waals surface area contributed by atoms with Crippen LogP contribution in [0.1, 0.15) is 25.0 Å². The maximum Gasteiger partial charge on any atom is 0.170 e. The Hall–Kier alpha value is -1.16. The average Bonchev–Trinajstić information content (AvgIpc) is 2.25. The van der Waals surface area contributed by atoms with Crippen LogP contribution >= 0.6 is 11.8 Å². The van der Waals surface area contributed by atoms with Crippen LogP contribution in [-0.4, -0.2) is 16.3 Å². The lowest BCUT2D eigenvalue weighted by molar-refractivity contribution is 0.318. The Bertz CT molecular complexity index is 350. The van der Waals surface area contributed by atoms with Gasteiger partial charge in [0.2, 0.25) is 0 Å². The quantitative estimate of drug-likeness (QED) is 0.357. The lowest BCUT2D eigenvalue weighted by Gasteiger charge is -2.09. The second kappa shape index (κ2) is 5.66. The molecule has 1 rings (SSSR count). The number of oxime groups is 1. The van der Waals surface area contributed by atoms with E-state index in [4.69, 9.17) is 10.9 Å². The molecule has 0 aliphatic heterocycles. The molecule has 15 heavy (non-hydrogen) atoms. The van der Waals surface area contributed by atoms with Gasteiger partial charge in [-0.1, -0.05) is 43.3 Å². The van der Waals surface area contributed by atoms with Crippen molar-refractivity contribution in [1.29, 1.82) is 0 Å². The van der Waals surface area contributed by atoms with E-state index in [-0.39, 0.29) is 5.84 Å². The molecule has 0 spiro atoms. The summed E-state index contributed by atoms with van der Waals surface area (Å²) in [4.78, 5) is 0. The minimum Gasteiger partial charge on any atom is -0.409 e. The van der Waals surface area contributed by atoms with E-state index >= 15 is 0 Å². The van der Waals surface area contributed by atoms with Crippen molar-refractivity contribution in [3.05, 3.63) is 35.4 Å². The first-order valence-electron chi connectivity index (χ1n) is 4.82. The third-order valence-electron chi connectivity index (χ3n) is 1.97. The van der Waals surface area contributed by atoms with Gasteiger partial charge in [0.1, 0.15) is 0 Å². The maximum absolute atomic E-state index is 8.65. The topological polar surface area (TPSA) is 58.6 Å². The van der Waals surface area contributed by atoms with Gasteiger partial charge in [0.25, 0.3) is 0 Å². The Morgan fingerprint density at radius 1 is 1.47 bits per heavy atom. The predicted octanol–water partition coefficient (Wildman–Crippen LogP) is 2.42. The first-order valence-corrected chi connectivity index (χ1v) is 5.87. The number of benzene rings is 1. The highest BCUT2D eigenvalue weighted by molar-refractivity contribution is 7.99. The normalized spacial score (nSPS) is 12.1. The molecule has 82 valence electrons. The second-order valence-electron chi connectivity index (χ2n) is 3.50. The third kappa shape index (κ3) is 3.47. The van der Waals surface area contributed by atoms with Gasteiger partial charge in [0.15, 0.2) is 5.84 Å². The number of rotatable bonds is 4. The Kier molecular flexibility index (Phi) is 4.49. The average molecular weight is 224 g/mol. The van der Waals surface area contributed by atoms with E-state index in [2.05, 4.69) is 19.0 Å². The molecule has 0 fully saturated rings. The van der Waals surface area contributed by atoms with Crippen LogP contribution < -0.4 is 5.73 Å². The van der Waals surface area contributed by atoms with Gasteiger partial charge in [-0.15, -0.1) is 0 Å². The molecule has 0 atom stereocenters. The molecule has 3 nitrogen and oxygen atoms in total. The molecule has 0 aromatic heterocycles. The van der Waals surface area contributed by atoms with E-state index in [1.807, 2.05) is 36.0 Å². The molecule has 0 bridgehead atoms. The summed E-state index contributed by atoms with van der Waals surface area (Å²) in [6.07, 6.45) is 0. The summed E-state index contributed by atoms with van der Waals surface area (Å²) in [5.74, 6) is 1.05. The van der Waals surface area contributed by atoms with Crippen molar-refractivity contribution < 1.29 is 5.21 Å². The van der Waals surface area contributed by atoms with Crippen molar-refractivity contribution in [2.75, 3.05) is 0 Å². The zero-order valence-corrected chi connectivity index (χ0v) is 9.79. The van der Waals surface area contributed by atoms with Gasteiger partial charge in [0.05, 0.1) is 0 Å². The molecule has 1 aromatic rings. The molecule has 0 aliphatic carbocycles. The Morgan fingerprint density at radius 2 is 2.13 bits per heavy atom. The van der Waals surface area contributed by atoms with Gasteiger partial charge in [-0.3, -0.25) is 0 Å². The Balaban J connectivity index is 2.87. The fourth-order valence-corrected chi connectivity index (χ4v) is 1.97. The predicted molar refractivity (Wildman–Crippen MR) is 65.4 cm³/mol. The fourth-order valence-electron chi connectivity index (χ4n) is 1.21. The highest BCUT2D eigenvalue weighted by Crippen LogP contribution is 2.19. The molecule has 3 N–H and O–H groups in total. The molecular weight excluding hydrogens is 208 g/mol. The van der Waals surface area contributed by atoms with Crippen molar-refractivity contribution in [3.8, 4) is 0 Å². The van der Waals surface area contributed by atoms with E-state index in [0.717, 1.165) is 16.9 Å². The summed E-state index contributed by atoms with van der Waals surface area (Å²) >= 11 is 1.83. The molecule has 0 amide bonds. The highest BCUT2D eigenvalue weighted by Gasteiger charge is 2.06. The van der Waals surface area contributed by atoms with Crippen molar-refractivity contribution >= 4 is 17.6 Å². The first kappa shape index (κ1) is 11.9. The molecule has 0 aliphatic rings. The summed E-state index contributed by atoms with van der Waals surface area (Å²) in [6.45, 7) is 4.30. The van der Waals surface area contributed by atoms with Gasteiger partial charge in [-0.25, -0.2) is 0 Å². The van der Waals surface area contributed by atoms with Gasteiger partial charge >= 0.3 is 0 Å². The van der Waals surface area contributed by atoms with Crippen molar-refractivity contribution in [1.82, 2.24) is 0 Å². The van der Waals surface area contributed by atoms with Crippen LogP contribution in [-0.2, 0) is 5.75 Å². The molecular formula is C11H16N2OS. The zero-order chi connectivity index (χ0) is 11.3. The van der Waals surface area contributed by atoms with Crippen LogP contribution in [0.5, 0.6) is 0 Å². The van der Waals surface area contributed by atoms with Gasteiger partial charge in [-0.05, 0) is 10.8 Å². The number of hydrogen-bond acceptors (Lipinski definition) is 3. The van der Waals surface area contributed by atoms with Gasteiger partial charge < -0.3 is 10.9 Å². The summed E-state index contributed by atoms with van der Waals surface area (Å²) in [7, 11) is 0. The third-order valence-corrected chi connectivity index (χ3v) is 3.12. The monoisotopic (exact) mass is 224 g/mol. The van der Waals surface area contributed by atoms with Gasteiger partial charge in [0, 0.05) is 11.3 Å². The van der Waals surface area contributed by atoms with Crippen molar-refractivity contribution in [2.45, 2.75) is 24.9 Å². The number of amidine groups is 1. The van der Waals surface area contributed by atoms with E-state index in [0.29, 0.717) is 5.25 Å². The van der Waals surface area contributed by atoms with E-state index in [1.165, 1.54) is 0 Å². The van der Waals surface area contributed by atoms with Crippen molar-refractivity contribution in [3.63, 3.8) is 0 Å². The van der Waals surface area contributed by atoms with Gasteiger partial charge in [-0.2, -0.15) is 11.8 Å². The minimum absolute atomic E-state index is 0.176. The first-order chi connectivity index (χ1) is 7.15. The molecule has 0 saturated heterocycles. The van der Waals surface area contributed by atoms with Crippen LogP contribution in [0.3, 0.4) is 0 Å². The van der Waals surface area contributed by atoms with E-state index < -0.39 is 0 Å². The number of hydrogen-bond donors (Lipinski definition) is 2. The highest BCUT2D eigenvalue weighted by atomic mass is 32.2. The standard InChI is InChI=1S/C11H16N2OS/c1-8(2)15-7-9-5-3-4-6-10(9)11(12)13-14/h3-6,8,14H,7H2,1-2H3,(H2,12,13). The van der Waals surface area contributed by atoms with Crippen molar-refractivity contribution in [2.24, 2.45) is 10.9 Å². The van der Waals surface area contributed by atoms with Crippen LogP contribution in [0.4, 0.5) is 0 Å². The van der Waals surface area contributed by atoms with E-state index in [1.54, 1.807) is 0 Å². The largest absolute Gasteiger partial charge is 0.409 e. The Labute approximate surface area is 94.4 Å². The van der Waals surface area contributed by atoms with Crippen LogP contribution in [0.15, 0.2) is 29.4 Å². The molecule has 0 unspecified atom stereocenters. The van der Waals surface area contributed by atoms with Crippen LogP contribution in [0.25, 0.3) is 0 Å². The van der Waals surface area contributed by atoms with Crippen LogP contribution in [0, 0.1) is 0 Å². The molecule has 0 radical (unpaired) electrons. The lowest BCUT2D eigenvalue weighted by Crippen LogP contribution is -2.15.